The van der Waals surface area contributed by atoms with E-state index in [2.05, 4.69) is 23.7 Å². The van der Waals surface area contributed by atoms with Crippen LogP contribution in [0.15, 0.2) is 11.4 Å². The fraction of sp³-hybridized carbons (Fsp3) is 0.600. The van der Waals surface area contributed by atoms with Gasteiger partial charge in [0.1, 0.15) is 0 Å². The van der Waals surface area contributed by atoms with E-state index in [1.165, 1.54) is 10.4 Å². The predicted molar refractivity (Wildman–Crippen MR) is 57.3 cm³/mol. The van der Waals surface area contributed by atoms with Crippen molar-refractivity contribution in [2.24, 2.45) is 0 Å². The zero-order valence-corrected chi connectivity index (χ0v) is 9.28. The molecule has 0 saturated carbocycles. The highest BCUT2D eigenvalue weighted by Gasteiger charge is 2.13. The molecule has 0 aromatic carbocycles. The third kappa shape index (κ3) is 2.79. The molecule has 1 aromatic rings. The number of hydrogen-bond acceptors (Lipinski definition) is 3. The van der Waals surface area contributed by atoms with Gasteiger partial charge in [-0.15, -0.1) is 11.3 Å². The number of ether oxygens (including phenoxy) is 1. The molecule has 0 aliphatic rings. The van der Waals surface area contributed by atoms with Crippen LogP contribution < -0.4 is 5.32 Å². The van der Waals surface area contributed by atoms with Crippen LogP contribution in [0.4, 0.5) is 0 Å². The van der Waals surface area contributed by atoms with Crippen LogP contribution in [0.2, 0.25) is 0 Å². The Hall–Kier alpha value is -0.380. The van der Waals surface area contributed by atoms with E-state index in [9.17, 15) is 0 Å². The molecule has 0 bridgehead atoms. The van der Waals surface area contributed by atoms with Gasteiger partial charge < -0.3 is 10.1 Å². The Bertz CT molecular complexity index is 247. The summed E-state index contributed by atoms with van der Waals surface area (Å²) in [5.74, 6) is 0. The third-order valence-electron chi connectivity index (χ3n) is 2.14. The highest BCUT2D eigenvalue weighted by atomic mass is 32.1. The quantitative estimate of drug-likeness (QED) is 0.786. The van der Waals surface area contributed by atoms with Crippen LogP contribution in [0, 0.1) is 6.92 Å². The minimum absolute atomic E-state index is 0.257. The number of nitrogens with one attached hydrogen (secondary N) is 1. The molecule has 0 fully saturated rings. The molecular weight excluding hydrogens is 182 g/mol. The topological polar surface area (TPSA) is 21.3 Å². The Morgan fingerprint density at radius 3 is 2.85 bits per heavy atom. The molecule has 1 unspecified atom stereocenters. The lowest BCUT2D eigenvalue weighted by Crippen LogP contribution is -2.13. The molecule has 3 heteroatoms. The van der Waals surface area contributed by atoms with Crippen LogP contribution in [0.3, 0.4) is 0 Å². The lowest BCUT2D eigenvalue weighted by Gasteiger charge is -2.14. The molecule has 0 radical (unpaired) electrons. The Labute approximate surface area is 83.9 Å². The monoisotopic (exact) mass is 199 g/mol. The molecule has 1 heterocycles. The zero-order chi connectivity index (χ0) is 9.68. The molecule has 13 heavy (non-hydrogen) atoms. The highest BCUT2D eigenvalue weighted by molar-refractivity contribution is 7.10. The Morgan fingerprint density at radius 2 is 2.38 bits per heavy atom. The second-order valence-corrected chi connectivity index (χ2v) is 4.03. The molecule has 2 nitrogen and oxygen atoms in total. The van der Waals surface area contributed by atoms with Gasteiger partial charge in [-0.1, -0.05) is 0 Å². The highest BCUT2D eigenvalue weighted by Crippen LogP contribution is 2.28. The number of aryl methyl sites for hydroxylation is 1. The van der Waals surface area contributed by atoms with Gasteiger partial charge in [0.2, 0.25) is 0 Å². The molecule has 0 aliphatic carbocycles. The summed E-state index contributed by atoms with van der Waals surface area (Å²) in [6, 6.07) is 2.14. The first kappa shape index (κ1) is 10.7. The largest absolute Gasteiger partial charge is 0.376 e. The van der Waals surface area contributed by atoms with Gasteiger partial charge in [0, 0.05) is 12.0 Å². The fourth-order valence-electron chi connectivity index (χ4n) is 1.35. The van der Waals surface area contributed by atoms with Crippen molar-refractivity contribution in [2.45, 2.75) is 19.4 Å². The molecule has 1 atom stereocenters. The van der Waals surface area contributed by atoms with Crippen molar-refractivity contribution >= 4 is 11.3 Å². The number of hydrogen-bond donors (Lipinski definition) is 1. The van der Waals surface area contributed by atoms with Crippen LogP contribution in [-0.2, 0) is 4.74 Å². The Balaban J connectivity index is 2.61. The lowest BCUT2D eigenvalue weighted by atomic mass is 10.1. The molecule has 74 valence electrons. The van der Waals surface area contributed by atoms with E-state index in [0.717, 1.165) is 13.0 Å². The smallest absolute Gasteiger partial charge is 0.0927 e. The average Bonchev–Trinajstić information content (AvgIpc) is 2.54. The molecule has 0 aliphatic heterocycles. The van der Waals surface area contributed by atoms with Gasteiger partial charge in [-0.05, 0) is 43.9 Å². The van der Waals surface area contributed by atoms with Crippen molar-refractivity contribution in [1.82, 2.24) is 5.32 Å². The average molecular weight is 199 g/mol. The first-order valence-corrected chi connectivity index (χ1v) is 5.39. The second-order valence-electron chi connectivity index (χ2n) is 3.08. The summed E-state index contributed by atoms with van der Waals surface area (Å²) >= 11 is 1.78. The minimum Gasteiger partial charge on any atom is -0.376 e. The van der Waals surface area contributed by atoms with Gasteiger partial charge in [-0.2, -0.15) is 0 Å². The third-order valence-corrected chi connectivity index (χ3v) is 3.25. The molecule has 1 N–H and O–H groups in total. The summed E-state index contributed by atoms with van der Waals surface area (Å²) in [5, 5.41) is 5.26. The van der Waals surface area contributed by atoms with Crippen molar-refractivity contribution in [1.29, 1.82) is 0 Å². The van der Waals surface area contributed by atoms with E-state index in [1.54, 1.807) is 18.4 Å². The summed E-state index contributed by atoms with van der Waals surface area (Å²) in [6.07, 6.45) is 1.29. The lowest BCUT2D eigenvalue weighted by molar-refractivity contribution is 0.0986. The Kier molecular flexibility index (Phi) is 4.42. The van der Waals surface area contributed by atoms with Crippen molar-refractivity contribution in [3.8, 4) is 0 Å². The molecule has 1 rings (SSSR count). The number of thiophene rings is 1. The van der Waals surface area contributed by atoms with E-state index in [1.807, 2.05) is 7.05 Å². The second kappa shape index (κ2) is 5.37. The van der Waals surface area contributed by atoms with Crippen molar-refractivity contribution < 1.29 is 4.74 Å². The van der Waals surface area contributed by atoms with Gasteiger partial charge in [0.05, 0.1) is 6.10 Å². The van der Waals surface area contributed by atoms with Gasteiger partial charge in [-0.25, -0.2) is 0 Å². The molecule has 1 aromatic heterocycles. The summed E-state index contributed by atoms with van der Waals surface area (Å²) in [6.45, 7) is 3.13. The first-order chi connectivity index (χ1) is 6.29. The zero-order valence-electron chi connectivity index (χ0n) is 8.46. The van der Waals surface area contributed by atoms with Gasteiger partial charge in [-0.3, -0.25) is 0 Å². The van der Waals surface area contributed by atoms with E-state index in [-0.39, 0.29) is 6.10 Å². The van der Waals surface area contributed by atoms with Crippen LogP contribution in [0.1, 0.15) is 23.0 Å². The normalized spacial score (nSPS) is 13.2. The maximum Gasteiger partial charge on any atom is 0.0927 e. The summed E-state index contributed by atoms with van der Waals surface area (Å²) in [4.78, 5) is 1.36. The SMILES string of the molecule is CNCCC(OC)c1sccc1C. The van der Waals surface area contributed by atoms with E-state index in [4.69, 9.17) is 4.74 Å². The Morgan fingerprint density at radius 1 is 1.62 bits per heavy atom. The van der Waals surface area contributed by atoms with Crippen molar-refractivity contribution in [3.63, 3.8) is 0 Å². The molecule has 0 amide bonds. The number of methoxy groups -OCH3 is 1. The van der Waals surface area contributed by atoms with Crippen LogP contribution in [0.5, 0.6) is 0 Å². The van der Waals surface area contributed by atoms with Crippen molar-refractivity contribution in [2.75, 3.05) is 20.7 Å². The predicted octanol–water partition coefficient (Wildman–Crippen LogP) is 2.35. The van der Waals surface area contributed by atoms with Crippen molar-refractivity contribution in [3.05, 3.63) is 21.9 Å². The first-order valence-electron chi connectivity index (χ1n) is 4.51. The van der Waals surface area contributed by atoms with Crippen LogP contribution in [0.25, 0.3) is 0 Å². The number of rotatable bonds is 5. The fourth-order valence-corrected chi connectivity index (χ4v) is 2.38. The van der Waals surface area contributed by atoms with E-state index in [0.29, 0.717) is 0 Å². The van der Waals surface area contributed by atoms with E-state index >= 15 is 0 Å². The summed E-state index contributed by atoms with van der Waals surface area (Å²) in [7, 11) is 3.74. The maximum absolute atomic E-state index is 5.45. The van der Waals surface area contributed by atoms with Gasteiger partial charge >= 0.3 is 0 Å². The summed E-state index contributed by atoms with van der Waals surface area (Å²) in [5.41, 5.74) is 1.34. The molecular formula is C10H17NOS. The van der Waals surface area contributed by atoms with Crippen LogP contribution in [-0.4, -0.2) is 20.7 Å². The molecule has 0 spiro atoms. The maximum atomic E-state index is 5.45. The minimum atomic E-state index is 0.257. The molecule has 0 saturated heterocycles. The summed E-state index contributed by atoms with van der Waals surface area (Å²) < 4.78 is 5.45. The van der Waals surface area contributed by atoms with Gasteiger partial charge in [0.25, 0.3) is 0 Å². The standard InChI is InChI=1S/C10H17NOS/c1-8-5-7-13-10(8)9(12-3)4-6-11-2/h5,7,9,11H,4,6H2,1-3H3. The van der Waals surface area contributed by atoms with E-state index < -0.39 is 0 Å². The van der Waals surface area contributed by atoms with Crippen LogP contribution >= 0.6 is 11.3 Å². The van der Waals surface area contributed by atoms with Gasteiger partial charge in [0.15, 0.2) is 0 Å².